The number of nitrogens with zero attached hydrogens (tertiary/aromatic N) is 1. The van der Waals surface area contributed by atoms with Crippen LogP contribution in [0.25, 0.3) is 0 Å². The fourth-order valence-corrected chi connectivity index (χ4v) is 4.30. The van der Waals surface area contributed by atoms with Crippen molar-refractivity contribution < 1.29 is 4.48 Å². The van der Waals surface area contributed by atoms with Crippen molar-refractivity contribution in [3.8, 4) is 0 Å². The smallest absolute Gasteiger partial charge is 0.0990 e. The highest BCUT2D eigenvalue weighted by Gasteiger charge is 2.82. The van der Waals surface area contributed by atoms with E-state index in [9.17, 15) is 0 Å². The highest BCUT2D eigenvalue weighted by molar-refractivity contribution is 5.25. The second-order valence-corrected chi connectivity index (χ2v) is 7.59. The molecular formula is C15H30N+. The summed E-state index contributed by atoms with van der Waals surface area (Å²) in [6.07, 6.45) is 4.31. The maximum atomic E-state index is 2.45. The number of hydrogen-bond acceptors (Lipinski definition) is 0. The summed E-state index contributed by atoms with van der Waals surface area (Å²) in [5, 5.41) is 0. The van der Waals surface area contributed by atoms with Crippen molar-refractivity contribution in [3.63, 3.8) is 0 Å². The summed E-state index contributed by atoms with van der Waals surface area (Å²) in [6.45, 7) is 12.0. The van der Waals surface area contributed by atoms with Gasteiger partial charge in [-0.1, -0.05) is 20.3 Å². The Labute approximate surface area is 102 Å². The predicted octanol–water partition coefficient (Wildman–Crippen LogP) is 3.69. The summed E-state index contributed by atoms with van der Waals surface area (Å²) in [7, 11) is 4.90. The molecular weight excluding hydrogens is 194 g/mol. The molecule has 4 unspecified atom stereocenters. The Morgan fingerprint density at radius 2 is 1.69 bits per heavy atom. The average molecular weight is 224 g/mol. The van der Waals surface area contributed by atoms with Crippen molar-refractivity contribution in [2.24, 2.45) is 17.3 Å². The zero-order valence-electron chi connectivity index (χ0n) is 12.3. The molecule has 0 N–H and O–H groups in total. The lowest BCUT2D eigenvalue weighted by molar-refractivity contribution is -0.949. The SMILES string of the molecule is CCC1CC12C(CC)C2[N+](C)(C)C(C)(C)C. The van der Waals surface area contributed by atoms with Crippen LogP contribution in [0.5, 0.6) is 0 Å². The lowest BCUT2D eigenvalue weighted by Gasteiger charge is -2.44. The molecule has 0 bridgehead atoms. The van der Waals surface area contributed by atoms with Crippen molar-refractivity contribution >= 4 is 0 Å². The van der Waals surface area contributed by atoms with Crippen LogP contribution in [0.4, 0.5) is 0 Å². The predicted molar refractivity (Wildman–Crippen MR) is 70.3 cm³/mol. The molecule has 1 nitrogen and oxygen atoms in total. The van der Waals surface area contributed by atoms with Gasteiger partial charge in [0, 0.05) is 11.3 Å². The number of quaternary nitrogens is 1. The third kappa shape index (κ3) is 1.33. The molecule has 2 fully saturated rings. The van der Waals surface area contributed by atoms with Gasteiger partial charge in [0.1, 0.15) is 0 Å². The van der Waals surface area contributed by atoms with Gasteiger partial charge < -0.3 is 4.48 Å². The molecule has 0 aliphatic heterocycles. The molecule has 0 aromatic heterocycles. The van der Waals surface area contributed by atoms with E-state index >= 15 is 0 Å². The van der Waals surface area contributed by atoms with Crippen molar-refractivity contribution in [2.75, 3.05) is 14.1 Å². The number of rotatable bonds is 3. The molecule has 1 heteroatoms. The first kappa shape index (κ1) is 12.4. The van der Waals surface area contributed by atoms with Gasteiger partial charge in [-0.3, -0.25) is 0 Å². The summed E-state index contributed by atoms with van der Waals surface area (Å²) in [4.78, 5) is 0. The molecule has 0 heterocycles. The summed E-state index contributed by atoms with van der Waals surface area (Å²) in [5.74, 6) is 2.05. The fraction of sp³-hybridized carbons (Fsp3) is 1.00. The van der Waals surface area contributed by atoms with Gasteiger partial charge in [-0.15, -0.1) is 0 Å². The van der Waals surface area contributed by atoms with E-state index in [2.05, 4.69) is 48.7 Å². The molecule has 0 aromatic carbocycles. The zero-order valence-corrected chi connectivity index (χ0v) is 12.3. The quantitative estimate of drug-likeness (QED) is 0.641. The summed E-state index contributed by atoms with van der Waals surface area (Å²) < 4.78 is 1.21. The van der Waals surface area contributed by atoms with Gasteiger partial charge in [0.05, 0.1) is 25.7 Å². The zero-order chi connectivity index (χ0) is 12.4. The summed E-state index contributed by atoms with van der Waals surface area (Å²) in [5.41, 5.74) is 1.14. The Balaban J connectivity index is 2.19. The highest BCUT2D eigenvalue weighted by Crippen LogP contribution is 2.79. The van der Waals surface area contributed by atoms with Gasteiger partial charge in [-0.05, 0) is 39.5 Å². The lowest BCUT2D eigenvalue weighted by Crippen LogP contribution is -2.57. The van der Waals surface area contributed by atoms with Crippen LogP contribution < -0.4 is 0 Å². The second-order valence-electron chi connectivity index (χ2n) is 7.59. The average Bonchev–Trinajstić information content (AvgIpc) is 3.02. The Hall–Kier alpha value is -0.0400. The maximum absolute atomic E-state index is 2.45. The minimum atomic E-state index is 0.377. The maximum Gasteiger partial charge on any atom is 0.0990 e. The van der Waals surface area contributed by atoms with Crippen LogP contribution in [-0.4, -0.2) is 30.2 Å². The third-order valence-corrected chi connectivity index (χ3v) is 6.07. The monoisotopic (exact) mass is 224 g/mol. The van der Waals surface area contributed by atoms with Gasteiger partial charge in [0.2, 0.25) is 0 Å². The first-order valence-electron chi connectivity index (χ1n) is 7.07. The molecule has 0 aromatic rings. The fourth-order valence-electron chi connectivity index (χ4n) is 4.30. The third-order valence-electron chi connectivity index (χ3n) is 6.07. The first-order chi connectivity index (χ1) is 7.23. The minimum absolute atomic E-state index is 0.377. The van der Waals surface area contributed by atoms with Crippen molar-refractivity contribution in [1.82, 2.24) is 0 Å². The molecule has 0 amide bonds. The van der Waals surface area contributed by atoms with E-state index in [1.54, 1.807) is 0 Å². The molecule has 2 rings (SSSR count). The molecule has 2 aliphatic carbocycles. The summed E-state index contributed by atoms with van der Waals surface area (Å²) >= 11 is 0. The van der Waals surface area contributed by atoms with Crippen LogP contribution in [0, 0.1) is 17.3 Å². The minimum Gasteiger partial charge on any atom is -0.321 e. The van der Waals surface area contributed by atoms with Crippen LogP contribution in [0.1, 0.15) is 53.9 Å². The van der Waals surface area contributed by atoms with Crippen LogP contribution in [-0.2, 0) is 0 Å². The Kier molecular flexibility index (Phi) is 2.52. The second kappa shape index (κ2) is 3.25. The Morgan fingerprint density at radius 1 is 1.12 bits per heavy atom. The molecule has 16 heavy (non-hydrogen) atoms. The highest BCUT2D eigenvalue weighted by atomic mass is 15.4. The van der Waals surface area contributed by atoms with E-state index in [-0.39, 0.29) is 0 Å². The molecule has 0 radical (unpaired) electrons. The van der Waals surface area contributed by atoms with Crippen LogP contribution in [0.15, 0.2) is 0 Å². The van der Waals surface area contributed by atoms with Gasteiger partial charge in [0.15, 0.2) is 0 Å². The Bertz CT molecular complexity index is 286. The van der Waals surface area contributed by atoms with E-state index in [4.69, 9.17) is 0 Å². The molecule has 2 aliphatic rings. The molecule has 94 valence electrons. The molecule has 0 saturated heterocycles. The first-order valence-corrected chi connectivity index (χ1v) is 7.07. The van der Waals surface area contributed by atoms with Crippen molar-refractivity contribution in [2.45, 2.75) is 65.5 Å². The van der Waals surface area contributed by atoms with E-state index in [0.717, 1.165) is 23.3 Å². The Morgan fingerprint density at radius 3 is 2.00 bits per heavy atom. The molecule has 2 saturated carbocycles. The number of hydrogen-bond donors (Lipinski definition) is 0. The molecule has 1 spiro atoms. The van der Waals surface area contributed by atoms with Gasteiger partial charge in [-0.25, -0.2) is 0 Å². The standard InChI is InChI=1S/C15H30N/c1-8-11-10-15(11)12(9-2)13(15)16(6,7)14(3,4)5/h11-13H,8-10H2,1-7H3/q+1. The van der Waals surface area contributed by atoms with Crippen molar-refractivity contribution in [1.29, 1.82) is 0 Å². The molecule has 4 atom stereocenters. The van der Waals surface area contributed by atoms with Gasteiger partial charge >= 0.3 is 0 Å². The normalized spacial score (nSPS) is 42.6. The topological polar surface area (TPSA) is 0 Å². The van der Waals surface area contributed by atoms with Crippen LogP contribution >= 0.6 is 0 Å². The summed E-state index contributed by atoms with van der Waals surface area (Å²) in [6, 6.07) is 0.933. The van der Waals surface area contributed by atoms with E-state index in [0.29, 0.717) is 5.54 Å². The van der Waals surface area contributed by atoms with E-state index in [1.807, 2.05) is 0 Å². The van der Waals surface area contributed by atoms with Crippen LogP contribution in [0.2, 0.25) is 0 Å². The van der Waals surface area contributed by atoms with Crippen molar-refractivity contribution in [3.05, 3.63) is 0 Å². The van der Waals surface area contributed by atoms with Gasteiger partial charge in [-0.2, -0.15) is 0 Å². The van der Waals surface area contributed by atoms with Gasteiger partial charge in [0.25, 0.3) is 0 Å². The largest absolute Gasteiger partial charge is 0.321 e. The lowest BCUT2D eigenvalue weighted by atomic mass is 10.0. The van der Waals surface area contributed by atoms with E-state index < -0.39 is 0 Å². The van der Waals surface area contributed by atoms with E-state index in [1.165, 1.54) is 23.7 Å². The van der Waals surface area contributed by atoms with Crippen LogP contribution in [0.3, 0.4) is 0 Å².